The number of nitrogens with one attached hydrogen (secondary N) is 2. The fourth-order valence-corrected chi connectivity index (χ4v) is 4.01. The molecule has 3 amide bonds. The molecule has 0 saturated heterocycles. The van der Waals surface area contributed by atoms with E-state index >= 15 is 0 Å². The summed E-state index contributed by atoms with van der Waals surface area (Å²) in [5.74, 6) is -1.87. The van der Waals surface area contributed by atoms with Gasteiger partial charge in [0.1, 0.15) is 5.82 Å². The van der Waals surface area contributed by atoms with Crippen LogP contribution in [0.5, 0.6) is 0 Å². The number of carbonyl (C=O) groups is 3. The highest BCUT2D eigenvalue weighted by Crippen LogP contribution is 2.33. The Labute approximate surface area is 168 Å². The molecule has 0 bridgehead atoms. The minimum absolute atomic E-state index is 0.00207. The highest BCUT2D eigenvalue weighted by Gasteiger charge is 2.31. The molecule has 2 aromatic rings. The van der Waals surface area contributed by atoms with Crippen molar-refractivity contribution in [1.29, 1.82) is 0 Å². The van der Waals surface area contributed by atoms with Crippen molar-refractivity contribution in [1.82, 2.24) is 5.32 Å². The molecule has 1 unspecified atom stereocenters. The molecule has 0 saturated carbocycles. The van der Waals surface area contributed by atoms with Crippen LogP contribution in [0.3, 0.4) is 0 Å². The van der Waals surface area contributed by atoms with Crippen molar-refractivity contribution in [3.63, 3.8) is 0 Å². The van der Waals surface area contributed by atoms with E-state index in [4.69, 9.17) is 0 Å². The summed E-state index contributed by atoms with van der Waals surface area (Å²) in [5.41, 5.74) is 3.00. The van der Waals surface area contributed by atoms with Crippen LogP contribution in [0.15, 0.2) is 42.5 Å². The topological polar surface area (TPSA) is 78.5 Å². The van der Waals surface area contributed by atoms with E-state index in [0.717, 1.165) is 24.1 Å². The maximum Gasteiger partial charge on any atom is 0.228 e. The molecule has 1 atom stereocenters. The molecule has 6 nitrogen and oxygen atoms in total. The lowest BCUT2D eigenvalue weighted by atomic mass is 9.89. The molecule has 0 aliphatic carbocycles. The summed E-state index contributed by atoms with van der Waals surface area (Å²) in [6, 6.07) is 11.9. The lowest BCUT2D eigenvalue weighted by Gasteiger charge is -2.29. The maximum atomic E-state index is 13.4. The smallest absolute Gasteiger partial charge is 0.228 e. The van der Waals surface area contributed by atoms with Crippen molar-refractivity contribution in [2.24, 2.45) is 0 Å². The predicted molar refractivity (Wildman–Crippen MR) is 107 cm³/mol. The molecule has 0 radical (unpaired) electrons. The van der Waals surface area contributed by atoms with Crippen molar-refractivity contribution < 1.29 is 18.8 Å². The molecule has 29 heavy (non-hydrogen) atoms. The lowest BCUT2D eigenvalue weighted by Crippen LogP contribution is -2.39. The standard InChI is InChI=1S/C22H22FN3O3/c23-15-7-8-16-17(13-20(27)25-18(16)12-15)22(29)24-10-9-21(28)26-11-3-5-14-4-1-2-6-19(14)26/h1-2,4,6-8,12,17H,3,5,9-11,13H2,(H,24,29)(H,25,27). The van der Waals surface area contributed by atoms with Gasteiger partial charge in [-0.2, -0.15) is 0 Å². The third-order valence-corrected chi connectivity index (χ3v) is 5.42. The number of anilines is 2. The molecule has 2 aliphatic rings. The highest BCUT2D eigenvalue weighted by molar-refractivity contribution is 6.01. The van der Waals surface area contributed by atoms with Crippen molar-refractivity contribution in [2.45, 2.75) is 31.6 Å². The highest BCUT2D eigenvalue weighted by atomic mass is 19.1. The Hall–Kier alpha value is -3.22. The number of carbonyl (C=O) groups excluding carboxylic acids is 3. The second-order valence-electron chi connectivity index (χ2n) is 7.36. The molecule has 2 N–H and O–H groups in total. The molecule has 2 aliphatic heterocycles. The van der Waals surface area contributed by atoms with E-state index in [2.05, 4.69) is 10.6 Å². The Morgan fingerprint density at radius 3 is 2.90 bits per heavy atom. The number of amides is 3. The van der Waals surface area contributed by atoms with Gasteiger partial charge in [-0.25, -0.2) is 4.39 Å². The Bertz CT molecular complexity index is 976. The van der Waals surface area contributed by atoms with Gasteiger partial charge in [-0.1, -0.05) is 24.3 Å². The van der Waals surface area contributed by atoms with Gasteiger partial charge in [0.25, 0.3) is 0 Å². The molecule has 0 spiro atoms. The monoisotopic (exact) mass is 395 g/mol. The number of fused-ring (bicyclic) bond motifs is 2. The van der Waals surface area contributed by atoms with Gasteiger partial charge in [0, 0.05) is 37.3 Å². The van der Waals surface area contributed by atoms with E-state index in [-0.39, 0.29) is 37.1 Å². The van der Waals surface area contributed by atoms with Gasteiger partial charge >= 0.3 is 0 Å². The second-order valence-corrected chi connectivity index (χ2v) is 7.36. The Balaban J connectivity index is 1.38. The van der Waals surface area contributed by atoms with Gasteiger partial charge in [-0.05, 0) is 42.2 Å². The van der Waals surface area contributed by atoms with E-state index in [1.807, 2.05) is 24.3 Å². The Kier molecular flexibility index (Phi) is 5.29. The third kappa shape index (κ3) is 3.99. The number of aryl methyl sites for hydroxylation is 1. The van der Waals surface area contributed by atoms with Crippen molar-refractivity contribution in [2.75, 3.05) is 23.3 Å². The van der Waals surface area contributed by atoms with Crippen LogP contribution in [0.1, 0.15) is 36.3 Å². The summed E-state index contributed by atoms with van der Waals surface area (Å²) < 4.78 is 13.4. The minimum Gasteiger partial charge on any atom is -0.355 e. The van der Waals surface area contributed by atoms with Crippen LogP contribution >= 0.6 is 0 Å². The first-order chi connectivity index (χ1) is 14.0. The fraction of sp³-hybridized carbons (Fsp3) is 0.318. The average Bonchev–Trinajstić information content (AvgIpc) is 2.72. The van der Waals surface area contributed by atoms with Crippen molar-refractivity contribution in [3.05, 3.63) is 59.4 Å². The van der Waals surface area contributed by atoms with Crippen LogP contribution in [0.25, 0.3) is 0 Å². The Morgan fingerprint density at radius 1 is 1.21 bits per heavy atom. The van der Waals surface area contributed by atoms with Crippen LogP contribution in [-0.2, 0) is 20.8 Å². The molecule has 2 heterocycles. The Morgan fingerprint density at radius 2 is 2.03 bits per heavy atom. The van der Waals surface area contributed by atoms with Crippen LogP contribution in [-0.4, -0.2) is 30.8 Å². The van der Waals surface area contributed by atoms with Crippen LogP contribution in [0.2, 0.25) is 0 Å². The van der Waals surface area contributed by atoms with Gasteiger partial charge < -0.3 is 15.5 Å². The predicted octanol–water partition coefficient (Wildman–Crippen LogP) is 2.74. The van der Waals surface area contributed by atoms with E-state index in [1.165, 1.54) is 18.2 Å². The summed E-state index contributed by atoms with van der Waals surface area (Å²) in [6.07, 6.45) is 2.05. The first-order valence-electron chi connectivity index (χ1n) is 9.78. The van der Waals surface area contributed by atoms with Gasteiger partial charge in [0.2, 0.25) is 17.7 Å². The summed E-state index contributed by atoms with van der Waals surface area (Å²) in [4.78, 5) is 39.0. The summed E-state index contributed by atoms with van der Waals surface area (Å²) in [6.45, 7) is 0.858. The van der Waals surface area contributed by atoms with Gasteiger partial charge in [0.05, 0.1) is 5.92 Å². The zero-order chi connectivity index (χ0) is 20.4. The summed E-state index contributed by atoms with van der Waals surface area (Å²) in [5, 5.41) is 5.35. The minimum atomic E-state index is -0.690. The molecule has 0 fully saturated rings. The number of hydrogen-bond acceptors (Lipinski definition) is 3. The fourth-order valence-electron chi connectivity index (χ4n) is 4.01. The number of rotatable bonds is 4. The largest absolute Gasteiger partial charge is 0.355 e. The zero-order valence-corrected chi connectivity index (χ0v) is 15.9. The average molecular weight is 395 g/mol. The molecule has 7 heteroatoms. The van der Waals surface area contributed by atoms with Gasteiger partial charge in [-0.15, -0.1) is 0 Å². The van der Waals surface area contributed by atoms with E-state index < -0.39 is 11.7 Å². The molecule has 0 aromatic heterocycles. The summed E-state index contributed by atoms with van der Waals surface area (Å²) >= 11 is 0. The van der Waals surface area contributed by atoms with E-state index in [0.29, 0.717) is 17.8 Å². The number of para-hydroxylation sites is 1. The molecular weight excluding hydrogens is 373 g/mol. The number of benzene rings is 2. The molecule has 2 aromatic carbocycles. The van der Waals surface area contributed by atoms with E-state index in [9.17, 15) is 18.8 Å². The van der Waals surface area contributed by atoms with Gasteiger partial charge in [0.15, 0.2) is 0 Å². The van der Waals surface area contributed by atoms with Gasteiger partial charge in [-0.3, -0.25) is 14.4 Å². The molecule has 150 valence electrons. The SMILES string of the molecule is O=C1CC(C(=O)NCCC(=O)N2CCCc3ccccc32)c2ccc(F)cc2N1. The first kappa shape index (κ1) is 19.1. The third-order valence-electron chi connectivity index (χ3n) is 5.42. The van der Waals surface area contributed by atoms with E-state index in [1.54, 1.807) is 4.90 Å². The molecule has 4 rings (SSSR count). The normalized spacial score (nSPS) is 17.8. The number of nitrogens with zero attached hydrogens (tertiary/aromatic N) is 1. The summed E-state index contributed by atoms with van der Waals surface area (Å²) in [7, 11) is 0. The second kappa shape index (κ2) is 8.03. The van der Waals surface area contributed by atoms with Crippen LogP contribution in [0, 0.1) is 5.82 Å². The zero-order valence-electron chi connectivity index (χ0n) is 15.9. The van der Waals surface area contributed by atoms with Crippen LogP contribution < -0.4 is 15.5 Å². The van der Waals surface area contributed by atoms with Crippen LogP contribution in [0.4, 0.5) is 15.8 Å². The number of hydrogen-bond donors (Lipinski definition) is 2. The van der Waals surface area contributed by atoms with Crippen molar-refractivity contribution in [3.8, 4) is 0 Å². The maximum absolute atomic E-state index is 13.4. The lowest BCUT2D eigenvalue weighted by molar-refractivity contribution is -0.126. The first-order valence-corrected chi connectivity index (χ1v) is 9.78. The van der Waals surface area contributed by atoms with Crippen molar-refractivity contribution >= 4 is 29.1 Å². The molecular formula is C22H22FN3O3. The number of halogens is 1. The quantitative estimate of drug-likeness (QED) is 0.836.